The van der Waals surface area contributed by atoms with Crippen LogP contribution in [0.3, 0.4) is 0 Å². The molecule has 6 heteroatoms. The van der Waals surface area contributed by atoms with E-state index in [4.69, 9.17) is 4.74 Å². The topological polar surface area (TPSA) is 95.9 Å². The first-order valence-corrected chi connectivity index (χ1v) is 24.2. The van der Waals surface area contributed by atoms with Crippen molar-refractivity contribution in [3.63, 3.8) is 0 Å². The first kappa shape index (κ1) is 55.3. The summed E-state index contributed by atoms with van der Waals surface area (Å²) >= 11 is 0. The summed E-state index contributed by atoms with van der Waals surface area (Å²) in [5.74, 6) is -0.526. The van der Waals surface area contributed by atoms with Crippen LogP contribution in [-0.4, -0.2) is 46.9 Å². The lowest BCUT2D eigenvalue weighted by molar-refractivity contribution is -0.151. The summed E-state index contributed by atoms with van der Waals surface area (Å²) in [6.07, 6.45) is 56.7. The number of hydrogen-bond acceptors (Lipinski definition) is 5. The van der Waals surface area contributed by atoms with Gasteiger partial charge in [-0.2, -0.15) is 0 Å². The summed E-state index contributed by atoms with van der Waals surface area (Å²) in [5.41, 5.74) is 0. The van der Waals surface area contributed by atoms with Gasteiger partial charge in [-0.1, -0.05) is 235 Å². The molecule has 334 valence electrons. The molecule has 0 saturated heterocycles. The highest BCUT2D eigenvalue weighted by molar-refractivity contribution is 5.77. The maximum absolute atomic E-state index is 13.1. The van der Waals surface area contributed by atoms with Gasteiger partial charge in [0.25, 0.3) is 0 Å². The molecule has 0 radical (unpaired) electrons. The Labute approximate surface area is 358 Å². The Bertz CT molecular complexity index is 1090. The molecular formula is C52H91NO5. The third kappa shape index (κ3) is 40.1. The minimum atomic E-state index is -0.795. The smallest absolute Gasteiger partial charge is 0.306 e. The number of aliphatic hydroxyl groups is 2. The highest BCUT2D eigenvalue weighted by Crippen LogP contribution is 2.18. The lowest BCUT2D eigenvalue weighted by Crippen LogP contribution is -2.46. The number of nitrogens with one attached hydrogen (secondary N) is 1. The van der Waals surface area contributed by atoms with Gasteiger partial charge in [0.1, 0.15) is 6.10 Å². The fourth-order valence-corrected chi connectivity index (χ4v) is 7.05. The van der Waals surface area contributed by atoms with Crippen LogP contribution >= 0.6 is 0 Å². The van der Waals surface area contributed by atoms with Gasteiger partial charge in [-0.15, -0.1) is 0 Å². The number of carbonyl (C=O) groups is 2. The predicted octanol–water partition coefficient (Wildman–Crippen LogP) is 14.2. The molecule has 1 amide bonds. The second-order valence-electron chi connectivity index (χ2n) is 16.3. The van der Waals surface area contributed by atoms with E-state index in [0.29, 0.717) is 19.3 Å². The third-order valence-electron chi connectivity index (χ3n) is 10.7. The zero-order chi connectivity index (χ0) is 42.4. The van der Waals surface area contributed by atoms with Gasteiger partial charge in [-0.25, -0.2) is 0 Å². The molecule has 0 aromatic heterocycles. The largest absolute Gasteiger partial charge is 0.462 e. The Kier molecular flexibility index (Phi) is 43.3. The van der Waals surface area contributed by atoms with E-state index in [1.807, 2.05) is 54.7 Å². The van der Waals surface area contributed by atoms with Crippen LogP contribution in [0.25, 0.3) is 0 Å². The van der Waals surface area contributed by atoms with Gasteiger partial charge in [0.05, 0.1) is 25.2 Å². The highest BCUT2D eigenvalue weighted by Gasteiger charge is 2.24. The summed E-state index contributed by atoms with van der Waals surface area (Å²) in [4.78, 5) is 26.0. The van der Waals surface area contributed by atoms with E-state index in [1.54, 1.807) is 0 Å². The number of esters is 1. The quantitative estimate of drug-likeness (QED) is 0.0324. The van der Waals surface area contributed by atoms with Crippen molar-refractivity contribution in [2.75, 3.05) is 6.61 Å². The van der Waals surface area contributed by atoms with Crippen LogP contribution in [0.2, 0.25) is 0 Å². The van der Waals surface area contributed by atoms with Crippen molar-refractivity contribution in [3.05, 3.63) is 72.9 Å². The van der Waals surface area contributed by atoms with Crippen LogP contribution in [0.4, 0.5) is 0 Å². The van der Waals surface area contributed by atoms with E-state index in [1.165, 1.54) is 103 Å². The molecule has 3 atom stereocenters. The van der Waals surface area contributed by atoms with E-state index >= 15 is 0 Å². The molecule has 6 nitrogen and oxygen atoms in total. The van der Waals surface area contributed by atoms with E-state index in [-0.39, 0.29) is 24.9 Å². The van der Waals surface area contributed by atoms with Gasteiger partial charge in [-0.05, 0) is 44.9 Å². The number of aliphatic hydroxyl groups excluding tert-OH is 2. The average Bonchev–Trinajstić information content (AvgIpc) is 3.22. The lowest BCUT2D eigenvalue weighted by Gasteiger charge is -2.24. The predicted molar refractivity (Wildman–Crippen MR) is 250 cm³/mol. The third-order valence-corrected chi connectivity index (χ3v) is 10.7. The van der Waals surface area contributed by atoms with Gasteiger partial charge >= 0.3 is 5.97 Å². The van der Waals surface area contributed by atoms with Crippen LogP contribution in [0, 0.1) is 0 Å². The van der Waals surface area contributed by atoms with Crippen molar-refractivity contribution in [3.8, 4) is 0 Å². The second kappa shape index (κ2) is 45.4. The fraction of sp³-hybridized carbons (Fsp3) is 0.731. The second-order valence-corrected chi connectivity index (χ2v) is 16.3. The average molecular weight is 810 g/mol. The summed E-state index contributed by atoms with van der Waals surface area (Å²) in [5, 5.41) is 23.7. The number of ether oxygens (including phenoxy) is 1. The fourth-order valence-electron chi connectivity index (χ4n) is 7.05. The Hall–Kier alpha value is -2.70. The number of allylic oxidation sites excluding steroid dienone is 12. The number of rotatable bonds is 42. The molecule has 0 aromatic rings. The molecule has 3 N–H and O–H groups in total. The van der Waals surface area contributed by atoms with Crippen LogP contribution in [0.15, 0.2) is 72.9 Å². The van der Waals surface area contributed by atoms with Crippen LogP contribution in [-0.2, 0) is 14.3 Å². The van der Waals surface area contributed by atoms with Crippen molar-refractivity contribution in [2.45, 2.75) is 238 Å². The van der Waals surface area contributed by atoms with Crippen molar-refractivity contribution >= 4 is 11.9 Å². The first-order chi connectivity index (χ1) is 28.5. The zero-order valence-electron chi connectivity index (χ0n) is 37.9. The molecule has 0 heterocycles. The Morgan fingerprint density at radius 1 is 0.517 bits per heavy atom. The Morgan fingerprint density at radius 2 is 0.931 bits per heavy atom. The van der Waals surface area contributed by atoms with Crippen molar-refractivity contribution in [1.82, 2.24) is 5.32 Å². The Morgan fingerprint density at radius 3 is 1.40 bits per heavy atom. The molecule has 3 unspecified atom stereocenters. The number of amides is 1. The van der Waals surface area contributed by atoms with E-state index < -0.39 is 18.2 Å². The van der Waals surface area contributed by atoms with Gasteiger partial charge < -0.3 is 20.3 Å². The minimum Gasteiger partial charge on any atom is -0.462 e. The molecular weight excluding hydrogens is 719 g/mol. The first-order valence-electron chi connectivity index (χ1n) is 24.2. The molecule has 0 rings (SSSR count). The molecule has 0 spiro atoms. The normalized spacial score (nSPS) is 13.9. The minimum absolute atomic E-state index is 0.0582. The summed E-state index contributed by atoms with van der Waals surface area (Å²) in [7, 11) is 0. The van der Waals surface area contributed by atoms with E-state index in [0.717, 1.165) is 70.6 Å². The van der Waals surface area contributed by atoms with Crippen molar-refractivity contribution in [2.24, 2.45) is 0 Å². The lowest BCUT2D eigenvalue weighted by atomic mass is 10.0. The molecule has 0 aliphatic carbocycles. The summed E-state index contributed by atoms with van der Waals surface area (Å²) in [6, 6.07) is -0.710. The van der Waals surface area contributed by atoms with Crippen molar-refractivity contribution < 1.29 is 24.5 Å². The molecule has 0 bridgehead atoms. The van der Waals surface area contributed by atoms with Crippen LogP contribution in [0.1, 0.15) is 220 Å². The maximum Gasteiger partial charge on any atom is 0.306 e. The van der Waals surface area contributed by atoms with Gasteiger partial charge in [0.15, 0.2) is 0 Å². The van der Waals surface area contributed by atoms with E-state index in [9.17, 15) is 19.8 Å². The van der Waals surface area contributed by atoms with Crippen LogP contribution < -0.4 is 5.32 Å². The molecule has 0 aromatic carbocycles. The number of hydrogen-bond donors (Lipinski definition) is 3. The summed E-state index contributed by atoms with van der Waals surface area (Å²) in [6.45, 7) is 6.31. The zero-order valence-corrected chi connectivity index (χ0v) is 37.9. The molecule has 0 saturated carbocycles. The van der Waals surface area contributed by atoms with Crippen LogP contribution in [0.5, 0.6) is 0 Å². The molecule has 0 aliphatic rings. The van der Waals surface area contributed by atoms with Crippen molar-refractivity contribution in [1.29, 1.82) is 0 Å². The monoisotopic (exact) mass is 810 g/mol. The van der Waals surface area contributed by atoms with Gasteiger partial charge in [-0.3, -0.25) is 9.59 Å². The Balaban J connectivity index is 4.66. The SMILES string of the molecule is CC\C=C/C=C/C=C/C=C\C=C\C=C\CCCCCC(=O)OC(CCCCCCCCCCCCC)CC(=O)NC(CO)C(O)CCCCCCCCCCCCC. The standard InChI is InChI=1S/C52H91NO5/c1-4-7-10-13-16-19-22-23-24-25-26-27-30-33-36-39-42-45-52(57)58-48(43-40-37-34-31-28-20-17-14-11-8-5-2)46-51(56)53-49(47-54)50(55)44-41-38-35-32-29-21-18-15-12-9-6-3/h7,10,13,16,19,22-27,30,48-50,54-55H,4-6,8-9,11-12,14-15,17-18,20-21,28-29,31-47H2,1-3H3,(H,53,56)/b10-7-,16-13+,22-19+,24-23-,26-25+,30-27+. The molecule has 58 heavy (non-hydrogen) atoms. The highest BCUT2D eigenvalue weighted by atomic mass is 16.5. The van der Waals surface area contributed by atoms with Gasteiger partial charge in [0, 0.05) is 6.42 Å². The molecule has 0 aliphatic heterocycles. The molecule has 0 fully saturated rings. The maximum atomic E-state index is 13.1. The number of unbranched alkanes of at least 4 members (excludes halogenated alkanes) is 23. The number of carbonyl (C=O) groups excluding carboxylic acids is 2. The van der Waals surface area contributed by atoms with Gasteiger partial charge in [0.2, 0.25) is 5.91 Å². The summed E-state index contributed by atoms with van der Waals surface area (Å²) < 4.78 is 5.90. The van der Waals surface area contributed by atoms with E-state index in [2.05, 4.69) is 44.3 Å².